The lowest BCUT2D eigenvalue weighted by atomic mass is 9.95. The van der Waals surface area contributed by atoms with Crippen LogP contribution in [0.3, 0.4) is 0 Å². The van der Waals surface area contributed by atoms with Crippen molar-refractivity contribution in [3.8, 4) is 0 Å². The van der Waals surface area contributed by atoms with Crippen LogP contribution in [0.4, 0.5) is 4.79 Å². The number of amides is 1. The average Bonchev–Trinajstić information content (AvgIpc) is 2.54. The number of esters is 3. The minimum absolute atomic E-state index is 0.407. The van der Waals surface area contributed by atoms with Crippen molar-refractivity contribution >= 4 is 24.0 Å². The Bertz CT molecular complexity index is 645. The van der Waals surface area contributed by atoms with E-state index in [-0.39, 0.29) is 0 Å². The van der Waals surface area contributed by atoms with Gasteiger partial charge in [0.25, 0.3) is 0 Å². The number of hydrogen-bond donors (Lipinski definition) is 1. The smallest absolute Gasteiger partial charge is 0.408 e. The molecule has 5 atom stereocenters. The summed E-state index contributed by atoms with van der Waals surface area (Å²) in [5.74, 6) is -2.18. The molecule has 164 valence electrons. The summed E-state index contributed by atoms with van der Waals surface area (Å²) in [6.07, 6.45) is -6.31. The van der Waals surface area contributed by atoms with Gasteiger partial charge in [-0.2, -0.15) is 0 Å². The Balaban J connectivity index is 3.23. The number of alkyl carbamates (subject to hydrolysis) is 1. The summed E-state index contributed by atoms with van der Waals surface area (Å²) in [4.78, 5) is 57.9. The number of ether oxygens (including phenoxy) is 5. The summed E-state index contributed by atoms with van der Waals surface area (Å²) in [6, 6.07) is -1.33. The molecule has 0 radical (unpaired) electrons. The molecule has 3 unspecified atom stereocenters. The molecule has 12 heteroatoms. The SMILES string of the molecule is CC(=O)OCC1OC(N=O)C(NC(=O)OC(C)(C)C)[C@@H](OC(C)=O)[C@@H]1OC(C)=O. The molecule has 29 heavy (non-hydrogen) atoms. The molecular formula is C17H26N2O10. The van der Waals surface area contributed by atoms with E-state index in [1.165, 1.54) is 0 Å². The second-order valence-corrected chi connectivity index (χ2v) is 7.29. The highest BCUT2D eigenvalue weighted by atomic mass is 16.6. The van der Waals surface area contributed by atoms with E-state index in [9.17, 15) is 24.1 Å². The second kappa shape index (κ2) is 10.1. The Morgan fingerprint density at radius 1 is 0.966 bits per heavy atom. The fraction of sp³-hybridized carbons (Fsp3) is 0.765. The summed E-state index contributed by atoms with van der Waals surface area (Å²) in [5.41, 5.74) is -0.853. The number of nitrogens with zero attached hydrogens (tertiary/aromatic N) is 1. The molecule has 1 N–H and O–H groups in total. The summed E-state index contributed by atoms with van der Waals surface area (Å²) < 4.78 is 25.9. The molecule has 1 saturated heterocycles. The van der Waals surface area contributed by atoms with E-state index in [0.29, 0.717) is 0 Å². The highest BCUT2D eigenvalue weighted by Crippen LogP contribution is 2.28. The van der Waals surface area contributed by atoms with Crippen LogP contribution < -0.4 is 5.32 Å². The molecule has 1 rings (SSSR count). The quantitative estimate of drug-likeness (QED) is 0.372. The van der Waals surface area contributed by atoms with Gasteiger partial charge in [0.1, 0.15) is 24.4 Å². The first-order valence-electron chi connectivity index (χ1n) is 8.79. The number of rotatable bonds is 6. The first-order chi connectivity index (χ1) is 13.3. The Labute approximate surface area is 167 Å². The number of nitroso groups, excluding NO2 is 1. The largest absolute Gasteiger partial charge is 0.463 e. The van der Waals surface area contributed by atoms with Crippen molar-refractivity contribution in [2.75, 3.05) is 6.61 Å². The van der Waals surface area contributed by atoms with E-state index in [1.807, 2.05) is 0 Å². The van der Waals surface area contributed by atoms with Crippen molar-refractivity contribution in [1.29, 1.82) is 0 Å². The Hall–Kier alpha value is -2.76. The molecule has 1 aliphatic heterocycles. The molecule has 0 aromatic rings. The van der Waals surface area contributed by atoms with Crippen molar-refractivity contribution in [1.82, 2.24) is 5.32 Å². The minimum atomic E-state index is -1.54. The molecule has 1 fully saturated rings. The van der Waals surface area contributed by atoms with Crippen molar-refractivity contribution in [2.45, 2.75) is 77.7 Å². The second-order valence-electron chi connectivity index (χ2n) is 7.29. The van der Waals surface area contributed by atoms with Gasteiger partial charge in [-0.15, -0.1) is 4.91 Å². The maximum atomic E-state index is 12.2. The van der Waals surface area contributed by atoms with Gasteiger partial charge in [-0.25, -0.2) is 4.79 Å². The van der Waals surface area contributed by atoms with E-state index in [4.69, 9.17) is 23.7 Å². The monoisotopic (exact) mass is 418 g/mol. The molecular weight excluding hydrogens is 392 g/mol. The Kier molecular flexibility index (Phi) is 8.49. The number of nitrogens with one attached hydrogen (secondary N) is 1. The fourth-order valence-corrected chi connectivity index (χ4v) is 2.61. The normalized spacial score (nSPS) is 26.6. The van der Waals surface area contributed by atoms with E-state index in [0.717, 1.165) is 20.8 Å². The third-order valence-corrected chi connectivity index (χ3v) is 3.51. The Morgan fingerprint density at radius 3 is 1.97 bits per heavy atom. The zero-order chi connectivity index (χ0) is 22.4. The van der Waals surface area contributed by atoms with Crippen molar-refractivity contribution in [3.63, 3.8) is 0 Å². The van der Waals surface area contributed by atoms with Gasteiger partial charge in [-0.05, 0) is 25.9 Å². The van der Waals surface area contributed by atoms with Gasteiger partial charge < -0.3 is 29.0 Å². The molecule has 1 amide bonds. The minimum Gasteiger partial charge on any atom is -0.463 e. The summed E-state index contributed by atoms with van der Waals surface area (Å²) in [5, 5.41) is 5.18. The predicted molar refractivity (Wildman–Crippen MR) is 95.4 cm³/mol. The highest BCUT2D eigenvalue weighted by molar-refractivity contribution is 5.70. The standard InChI is InChI=1S/C17H26N2O10/c1-8(20)25-7-11-13(26-9(2)21)14(27-10(3)22)12(15(19-24)28-11)18-16(23)29-17(4,5)6/h11-15H,7H2,1-6H3,(H,18,23)/t11?,12?,13-,14-,15?/m1/s1. The summed E-state index contributed by atoms with van der Waals surface area (Å²) in [6.45, 7) is 7.81. The van der Waals surface area contributed by atoms with E-state index >= 15 is 0 Å². The van der Waals surface area contributed by atoms with E-state index in [1.54, 1.807) is 20.8 Å². The number of carbonyl (C=O) groups is 4. The topological polar surface area (TPSA) is 156 Å². The van der Waals surface area contributed by atoms with Gasteiger partial charge >= 0.3 is 24.0 Å². The molecule has 0 spiro atoms. The van der Waals surface area contributed by atoms with Crippen LogP contribution in [0.5, 0.6) is 0 Å². The van der Waals surface area contributed by atoms with Crippen LogP contribution in [0.2, 0.25) is 0 Å². The van der Waals surface area contributed by atoms with E-state index in [2.05, 4.69) is 10.5 Å². The highest BCUT2D eigenvalue weighted by Gasteiger charge is 2.52. The van der Waals surface area contributed by atoms with Crippen LogP contribution in [0.1, 0.15) is 41.5 Å². The van der Waals surface area contributed by atoms with Gasteiger partial charge in [0.05, 0.1) is 0 Å². The molecule has 0 saturated carbocycles. The van der Waals surface area contributed by atoms with Crippen molar-refractivity contribution in [3.05, 3.63) is 4.91 Å². The molecule has 12 nitrogen and oxygen atoms in total. The number of carbonyl (C=O) groups excluding carboxylic acids is 4. The van der Waals surface area contributed by atoms with Gasteiger partial charge in [0, 0.05) is 20.8 Å². The maximum absolute atomic E-state index is 12.2. The van der Waals surface area contributed by atoms with Crippen LogP contribution in [-0.2, 0) is 38.1 Å². The van der Waals surface area contributed by atoms with Crippen molar-refractivity contribution in [2.24, 2.45) is 5.18 Å². The van der Waals surface area contributed by atoms with E-state index < -0.39 is 66.8 Å². The molecule has 0 aromatic heterocycles. The lowest BCUT2D eigenvalue weighted by Crippen LogP contribution is -2.66. The Morgan fingerprint density at radius 2 is 1.52 bits per heavy atom. The zero-order valence-corrected chi connectivity index (χ0v) is 17.1. The van der Waals surface area contributed by atoms with Crippen LogP contribution in [0, 0.1) is 4.91 Å². The lowest BCUT2D eigenvalue weighted by molar-refractivity contribution is -0.222. The van der Waals surface area contributed by atoms with Gasteiger partial charge in [-0.1, -0.05) is 0 Å². The average molecular weight is 418 g/mol. The molecule has 0 aromatic carbocycles. The van der Waals surface area contributed by atoms with Crippen LogP contribution in [0.25, 0.3) is 0 Å². The summed E-state index contributed by atoms with van der Waals surface area (Å²) >= 11 is 0. The zero-order valence-electron chi connectivity index (χ0n) is 17.1. The van der Waals surface area contributed by atoms with Crippen molar-refractivity contribution < 1.29 is 42.9 Å². The first-order valence-corrected chi connectivity index (χ1v) is 8.79. The number of hydrogen-bond acceptors (Lipinski definition) is 11. The van der Waals surface area contributed by atoms with Gasteiger partial charge in [0.15, 0.2) is 12.2 Å². The van der Waals surface area contributed by atoms with Crippen LogP contribution in [0.15, 0.2) is 5.18 Å². The van der Waals surface area contributed by atoms with Crippen LogP contribution in [-0.4, -0.2) is 66.8 Å². The van der Waals surface area contributed by atoms with Crippen LogP contribution >= 0.6 is 0 Å². The molecule has 1 aliphatic rings. The predicted octanol–water partition coefficient (Wildman–Crippen LogP) is 0.797. The fourth-order valence-electron chi connectivity index (χ4n) is 2.61. The first kappa shape index (κ1) is 24.3. The molecule has 0 aliphatic carbocycles. The summed E-state index contributed by atoms with van der Waals surface area (Å²) in [7, 11) is 0. The molecule has 0 bridgehead atoms. The van der Waals surface area contributed by atoms with Gasteiger partial charge in [-0.3, -0.25) is 14.4 Å². The lowest BCUT2D eigenvalue weighted by Gasteiger charge is -2.42. The van der Waals surface area contributed by atoms with Gasteiger partial charge in [0.2, 0.25) is 6.23 Å². The third-order valence-electron chi connectivity index (χ3n) is 3.51. The maximum Gasteiger partial charge on any atom is 0.408 e. The third kappa shape index (κ3) is 8.02. The molecule has 1 heterocycles.